The predicted octanol–water partition coefficient (Wildman–Crippen LogP) is 6.95. The van der Waals surface area contributed by atoms with E-state index in [-0.39, 0.29) is 17.3 Å². The summed E-state index contributed by atoms with van der Waals surface area (Å²) in [5.74, 6) is -0.739. The summed E-state index contributed by atoms with van der Waals surface area (Å²) in [5.41, 5.74) is 1.01. The van der Waals surface area contributed by atoms with E-state index in [4.69, 9.17) is 11.6 Å². The van der Waals surface area contributed by atoms with Gasteiger partial charge in [-0.25, -0.2) is 4.98 Å². The highest BCUT2D eigenvalue weighted by Crippen LogP contribution is 2.32. The molecule has 4 rings (SSSR count). The van der Waals surface area contributed by atoms with Crippen LogP contribution in [0.25, 0.3) is 10.2 Å². The molecule has 4 aromatic rings. The van der Waals surface area contributed by atoms with Crippen molar-refractivity contribution in [2.24, 2.45) is 0 Å². The minimum atomic E-state index is -4.48. The third-order valence-electron chi connectivity index (χ3n) is 4.53. The number of thioether (sulfide) groups is 1. The van der Waals surface area contributed by atoms with Crippen molar-refractivity contribution >= 4 is 68.1 Å². The lowest BCUT2D eigenvalue weighted by atomic mass is 10.2. The first-order valence-electron chi connectivity index (χ1n) is 9.75. The summed E-state index contributed by atoms with van der Waals surface area (Å²) in [6, 6.07) is 16.3. The standard InChI is InChI=1S/C23H15ClF3N3O2S2/c24-15-6-4-13(5-7-15)21(32)29-17-8-9-18-19(11-17)34-22(30-18)33-12-20(31)28-16-3-1-2-14(10-16)23(25,26)27/h1-11H,12H2,(H,28,31)(H,29,32). The van der Waals surface area contributed by atoms with Crippen LogP contribution in [0.5, 0.6) is 0 Å². The van der Waals surface area contributed by atoms with E-state index in [1.54, 1.807) is 42.5 Å². The van der Waals surface area contributed by atoms with Crippen LogP contribution in [0.1, 0.15) is 15.9 Å². The summed E-state index contributed by atoms with van der Waals surface area (Å²) in [6.45, 7) is 0. The highest BCUT2D eigenvalue weighted by molar-refractivity contribution is 8.01. The van der Waals surface area contributed by atoms with Crippen molar-refractivity contribution in [3.8, 4) is 0 Å². The van der Waals surface area contributed by atoms with Crippen molar-refractivity contribution in [3.05, 3.63) is 82.9 Å². The molecular weight excluding hydrogens is 507 g/mol. The summed E-state index contributed by atoms with van der Waals surface area (Å²) < 4.78 is 39.9. The molecule has 0 bridgehead atoms. The number of hydrogen-bond donors (Lipinski definition) is 2. The zero-order chi connectivity index (χ0) is 24.3. The Kier molecular flexibility index (Phi) is 7.11. The molecule has 0 saturated heterocycles. The zero-order valence-corrected chi connectivity index (χ0v) is 19.5. The van der Waals surface area contributed by atoms with Crippen LogP contribution in [0.3, 0.4) is 0 Å². The van der Waals surface area contributed by atoms with Crippen molar-refractivity contribution in [1.29, 1.82) is 0 Å². The van der Waals surface area contributed by atoms with E-state index in [1.165, 1.54) is 35.2 Å². The molecule has 2 amide bonds. The molecule has 11 heteroatoms. The number of halogens is 4. The number of nitrogens with one attached hydrogen (secondary N) is 2. The molecule has 174 valence electrons. The van der Waals surface area contributed by atoms with Crippen LogP contribution >= 0.6 is 34.7 Å². The number of hydrogen-bond acceptors (Lipinski definition) is 5. The van der Waals surface area contributed by atoms with E-state index in [9.17, 15) is 22.8 Å². The molecule has 0 atom stereocenters. The van der Waals surface area contributed by atoms with Gasteiger partial charge in [-0.1, -0.05) is 29.4 Å². The van der Waals surface area contributed by atoms with Gasteiger partial charge < -0.3 is 10.6 Å². The zero-order valence-electron chi connectivity index (χ0n) is 17.2. The van der Waals surface area contributed by atoms with Gasteiger partial charge in [0.15, 0.2) is 4.34 Å². The minimum Gasteiger partial charge on any atom is -0.325 e. The van der Waals surface area contributed by atoms with E-state index in [0.29, 0.717) is 26.1 Å². The molecule has 0 aliphatic heterocycles. The minimum absolute atomic E-state index is 0.0176. The highest BCUT2D eigenvalue weighted by atomic mass is 35.5. The third-order valence-corrected chi connectivity index (χ3v) is 6.95. The Morgan fingerprint density at radius 1 is 0.971 bits per heavy atom. The molecular formula is C23H15ClF3N3O2S2. The van der Waals surface area contributed by atoms with Gasteiger partial charge in [-0.05, 0) is 60.7 Å². The second-order valence-electron chi connectivity index (χ2n) is 7.04. The van der Waals surface area contributed by atoms with Gasteiger partial charge in [0.1, 0.15) is 0 Å². The number of fused-ring (bicyclic) bond motifs is 1. The van der Waals surface area contributed by atoms with E-state index in [1.807, 2.05) is 0 Å². The fraction of sp³-hybridized carbons (Fsp3) is 0.0870. The lowest BCUT2D eigenvalue weighted by molar-refractivity contribution is -0.137. The normalized spacial score (nSPS) is 11.4. The molecule has 0 aliphatic rings. The van der Waals surface area contributed by atoms with Crippen LogP contribution in [0, 0.1) is 0 Å². The summed E-state index contributed by atoms with van der Waals surface area (Å²) in [6.07, 6.45) is -4.48. The predicted molar refractivity (Wildman–Crippen MR) is 130 cm³/mol. The van der Waals surface area contributed by atoms with Gasteiger partial charge in [0.25, 0.3) is 5.91 Å². The Morgan fingerprint density at radius 3 is 2.44 bits per heavy atom. The maximum Gasteiger partial charge on any atom is 0.416 e. The fourth-order valence-electron chi connectivity index (χ4n) is 2.95. The number of carbonyl (C=O) groups excluding carboxylic acids is 2. The Hall–Kier alpha value is -3.08. The van der Waals surface area contributed by atoms with Crippen LogP contribution in [-0.2, 0) is 11.0 Å². The van der Waals surface area contributed by atoms with Gasteiger partial charge in [0.05, 0.1) is 21.5 Å². The van der Waals surface area contributed by atoms with E-state index >= 15 is 0 Å². The van der Waals surface area contributed by atoms with Crippen molar-refractivity contribution in [3.63, 3.8) is 0 Å². The molecule has 3 aromatic carbocycles. The van der Waals surface area contributed by atoms with Gasteiger partial charge in [-0.2, -0.15) is 13.2 Å². The third kappa shape index (κ3) is 6.07. The number of alkyl halides is 3. The average molecular weight is 522 g/mol. The molecule has 0 spiro atoms. The maximum absolute atomic E-state index is 12.8. The second-order valence-corrected chi connectivity index (χ2v) is 9.73. The fourth-order valence-corrected chi connectivity index (χ4v) is 4.98. The summed E-state index contributed by atoms with van der Waals surface area (Å²) >= 11 is 8.37. The number of anilines is 2. The first-order chi connectivity index (χ1) is 16.2. The smallest absolute Gasteiger partial charge is 0.325 e. The van der Waals surface area contributed by atoms with Crippen LogP contribution in [0.15, 0.2) is 71.1 Å². The first kappa shape index (κ1) is 24.1. The maximum atomic E-state index is 12.8. The topological polar surface area (TPSA) is 71.1 Å². The number of benzene rings is 3. The Balaban J connectivity index is 1.37. The van der Waals surface area contributed by atoms with Crippen LogP contribution in [-0.4, -0.2) is 22.6 Å². The van der Waals surface area contributed by atoms with Crippen LogP contribution < -0.4 is 10.6 Å². The van der Waals surface area contributed by atoms with Crippen molar-refractivity contribution in [1.82, 2.24) is 4.98 Å². The van der Waals surface area contributed by atoms with E-state index in [0.717, 1.165) is 16.8 Å². The average Bonchev–Trinajstić information content (AvgIpc) is 3.20. The van der Waals surface area contributed by atoms with Gasteiger partial charge in [-0.3, -0.25) is 9.59 Å². The van der Waals surface area contributed by atoms with Crippen molar-refractivity contribution < 1.29 is 22.8 Å². The molecule has 0 aliphatic carbocycles. The summed E-state index contributed by atoms with van der Waals surface area (Å²) in [7, 11) is 0. The largest absolute Gasteiger partial charge is 0.416 e. The summed E-state index contributed by atoms with van der Waals surface area (Å²) in [4.78, 5) is 29.0. The SMILES string of the molecule is O=C(CSc1nc2ccc(NC(=O)c3ccc(Cl)cc3)cc2s1)Nc1cccc(C(F)(F)F)c1. The van der Waals surface area contributed by atoms with Gasteiger partial charge >= 0.3 is 6.18 Å². The monoisotopic (exact) mass is 521 g/mol. The Morgan fingerprint density at radius 2 is 1.71 bits per heavy atom. The molecule has 0 saturated carbocycles. The van der Waals surface area contributed by atoms with Crippen molar-refractivity contribution in [2.75, 3.05) is 16.4 Å². The van der Waals surface area contributed by atoms with E-state index in [2.05, 4.69) is 15.6 Å². The number of amides is 2. The lowest BCUT2D eigenvalue weighted by Gasteiger charge is -2.09. The molecule has 2 N–H and O–H groups in total. The van der Waals surface area contributed by atoms with Gasteiger partial charge in [0, 0.05) is 22.0 Å². The summed E-state index contributed by atoms with van der Waals surface area (Å²) in [5, 5.41) is 5.83. The quantitative estimate of drug-likeness (QED) is 0.269. The van der Waals surface area contributed by atoms with Gasteiger partial charge in [0.2, 0.25) is 5.91 Å². The first-order valence-corrected chi connectivity index (χ1v) is 11.9. The molecule has 34 heavy (non-hydrogen) atoms. The van der Waals surface area contributed by atoms with Crippen LogP contribution in [0.4, 0.5) is 24.5 Å². The lowest BCUT2D eigenvalue weighted by Crippen LogP contribution is -2.14. The van der Waals surface area contributed by atoms with E-state index < -0.39 is 17.6 Å². The number of thiazole rings is 1. The highest BCUT2D eigenvalue weighted by Gasteiger charge is 2.30. The number of carbonyl (C=O) groups is 2. The molecule has 5 nitrogen and oxygen atoms in total. The second kappa shape index (κ2) is 10.0. The number of aromatic nitrogens is 1. The molecule has 1 aromatic heterocycles. The van der Waals surface area contributed by atoms with Gasteiger partial charge in [-0.15, -0.1) is 11.3 Å². The molecule has 0 fully saturated rings. The van der Waals surface area contributed by atoms with Crippen LogP contribution in [0.2, 0.25) is 5.02 Å². The number of nitrogens with zero attached hydrogens (tertiary/aromatic N) is 1. The Bertz CT molecular complexity index is 1360. The molecule has 1 heterocycles. The molecule has 0 radical (unpaired) electrons. The van der Waals surface area contributed by atoms with Crippen molar-refractivity contribution in [2.45, 2.75) is 10.5 Å². The Labute approximate surface area is 205 Å². The number of rotatable bonds is 6. The molecule has 0 unspecified atom stereocenters.